The Hall–Kier alpha value is -1.04. The average molecular weight is 283 g/mol. The molecular formula is C15H19F2NO2. The van der Waals surface area contributed by atoms with E-state index in [-0.39, 0.29) is 11.6 Å². The van der Waals surface area contributed by atoms with Crippen LogP contribution in [-0.4, -0.2) is 37.0 Å². The second kappa shape index (κ2) is 5.39. The van der Waals surface area contributed by atoms with Gasteiger partial charge in [-0.2, -0.15) is 0 Å². The van der Waals surface area contributed by atoms with Gasteiger partial charge < -0.3 is 9.47 Å². The Morgan fingerprint density at radius 1 is 1.10 bits per heavy atom. The third-order valence-electron chi connectivity index (χ3n) is 4.34. The minimum absolute atomic E-state index is 0.150. The van der Waals surface area contributed by atoms with Gasteiger partial charge in [-0.3, -0.25) is 4.90 Å². The topological polar surface area (TPSA) is 21.7 Å². The van der Waals surface area contributed by atoms with Crippen molar-refractivity contribution in [3.8, 4) is 0 Å². The van der Waals surface area contributed by atoms with Gasteiger partial charge in [-0.05, 0) is 19.1 Å². The van der Waals surface area contributed by atoms with Crippen molar-refractivity contribution < 1.29 is 18.3 Å². The molecule has 0 N–H and O–H groups in total. The van der Waals surface area contributed by atoms with Crippen molar-refractivity contribution in [2.75, 3.05) is 26.3 Å². The van der Waals surface area contributed by atoms with E-state index >= 15 is 0 Å². The second-order valence-corrected chi connectivity index (χ2v) is 5.45. The monoisotopic (exact) mass is 283 g/mol. The number of likely N-dealkylation sites (tertiary alicyclic amines) is 1. The molecule has 2 heterocycles. The van der Waals surface area contributed by atoms with E-state index in [0.717, 1.165) is 25.9 Å². The molecule has 3 rings (SSSR count). The molecule has 0 unspecified atom stereocenters. The molecular weight excluding hydrogens is 264 g/mol. The van der Waals surface area contributed by atoms with Crippen LogP contribution in [-0.2, 0) is 9.47 Å². The molecule has 5 heteroatoms. The van der Waals surface area contributed by atoms with Crippen molar-refractivity contribution in [3.63, 3.8) is 0 Å². The van der Waals surface area contributed by atoms with Crippen LogP contribution in [0.1, 0.15) is 31.4 Å². The lowest BCUT2D eigenvalue weighted by atomic mass is 9.98. The summed E-state index contributed by atoms with van der Waals surface area (Å²) in [6.07, 6.45) is 1.49. The summed E-state index contributed by atoms with van der Waals surface area (Å²) < 4.78 is 39.0. The third-order valence-corrected chi connectivity index (χ3v) is 4.34. The molecule has 3 nitrogen and oxygen atoms in total. The Balaban J connectivity index is 1.71. The Kier molecular flexibility index (Phi) is 3.75. The fourth-order valence-electron chi connectivity index (χ4n) is 3.13. The summed E-state index contributed by atoms with van der Waals surface area (Å²) in [5.74, 6) is -1.42. The van der Waals surface area contributed by atoms with Crippen molar-refractivity contribution >= 4 is 0 Å². The van der Waals surface area contributed by atoms with Gasteiger partial charge in [0.15, 0.2) is 5.79 Å². The van der Waals surface area contributed by atoms with E-state index in [9.17, 15) is 8.78 Å². The van der Waals surface area contributed by atoms with Crippen LogP contribution in [0.3, 0.4) is 0 Å². The van der Waals surface area contributed by atoms with Gasteiger partial charge in [0.2, 0.25) is 0 Å². The summed E-state index contributed by atoms with van der Waals surface area (Å²) >= 11 is 0. The maximum absolute atomic E-state index is 13.8. The van der Waals surface area contributed by atoms with Crippen LogP contribution in [0, 0.1) is 11.6 Å². The van der Waals surface area contributed by atoms with E-state index in [4.69, 9.17) is 9.47 Å². The fraction of sp³-hybridized carbons (Fsp3) is 0.600. The number of nitrogens with zero attached hydrogens (tertiary/aromatic N) is 1. The molecule has 0 saturated carbocycles. The zero-order valence-electron chi connectivity index (χ0n) is 11.6. The highest BCUT2D eigenvalue weighted by Gasteiger charge is 2.41. The summed E-state index contributed by atoms with van der Waals surface area (Å²) in [6, 6.07) is 3.73. The van der Waals surface area contributed by atoms with Crippen molar-refractivity contribution in [3.05, 3.63) is 35.4 Å². The van der Waals surface area contributed by atoms with Crippen LogP contribution in [0.15, 0.2) is 18.2 Å². The molecule has 1 aromatic carbocycles. The lowest BCUT2D eigenvalue weighted by Gasteiger charge is -2.40. The van der Waals surface area contributed by atoms with E-state index in [0.29, 0.717) is 13.2 Å². The molecule has 0 radical (unpaired) electrons. The SMILES string of the molecule is C[C@H](c1c(F)cccc1F)N1CCC2(CC1)OCCO2. The number of hydrogen-bond acceptors (Lipinski definition) is 3. The summed E-state index contributed by atoms with van der Waals surface area (Å²) in [6.45, 7) is 4.55. The number of rotatable bonds is 2. The van der Waals surface area contributed by atoms with Gasteiger partial charge in [-0.1, -0.05) is 6.07 Å². The third kappa shape index (κ3) is 2.45. The van der Waals surface area contributed by atoms with Crippen LogP contribution < -0.4 is 0 Å². The molecule has 110 valence electrons. The van der Waals surface area contributed by atoms with Crippen LogP contribution in [0.5, 0.6) is 0 Å². The highest BCUT2D eigenvalue weighted by molar-refractivity contribution is 5.23. The summed E-state index contributed by atoms with van der Waals surface area (Å²) in [5.41, 5.74) is 0.150. The van der Waals surface area contributed by atoms with E-state index in [2.05, 4.69) is 4.90 Å². The largest absolute Gasteiger partial charge is 0.347 e. The number of piperidine rings is 1. The van der Waals surface area contributed by atoms with E-state index < -0.39 is 17.4 Å². The molecule has 2 saturated heterocycles. The zero-order valence-corrected chi connectivity index (χ0v) is 11.6. The Labute approximate surface area is 117 Å². The lowest BCUT2D eigenvalue weighted by Crippen LogP contribution is -2.46. The average Bonchev–Trinajstić information content (AvgIpc) is 2.87. The Bertz CT molecular complexity index is 459. The number of hydrogen-bond donors (Lipinski definition) is 0. The lowest BCUT2D eigenvalue weighted by molar-refractivity contribution is -0.187. The molecule has 0 amide bonds. The van der Waals surface area contributed by atoms with Gasteiger partial charge in [0.05, 0.1) is 13.2 Å². The van der Waals surface area contributed by atoms with Crippen LogP contribution in [0.4, 0.5) is 8.78 Å². The van der Waals surface area contributed by atoms with E-state index in [1.807, 2.05) is 6.92 Å². The Morgan fingerprint density at radius 2 is 1.65 bits per heavy atom. The first-order chi connectivity index (χ1) is 9.61. The first-order valence-electron chi connectivity index (χ1n) is 7.07. The number of benzene rings is 1. The van der Waals surface area contributed by atoms with Gasteiger partial charge in [0.25, 0.3) is 0 Å². The molecule has 2 fully saturated rings. The summed E-state index contributed by atoms with van der Waals surface area (Å²) in [5, 5.41) is 0. The minimum Gasteiger partial charge on any atom is -0.347 e. The van der Waals surface area contributed by atoms with Crippen molar-refractivity contribution in [1.29, 1.82) is 0 Å². The van der Waals surface area contributed by atoms with Gasteiger partial charge in [0.1, 0.15) is 11.6 Å². The zero-order chi connectivity index (χ0) is 14.2. The first-order valence-corrected chi connectivity index (χ1v) is 7.07. The van der Waals surface area contributed by atoms with E-state index in [1.54, 1.807) is 0 Å². The summed E-state index contributed by atoms with van der Waals surface area (Å²) in [4.78, 5) is 2.08. The fourth-order valence-corrected chi connectivity index (χ4v) is 3.13. The molecule has 1 spiro atoms. The highest BCUT2D eigenvalue weighted by Crippen LogP contribution is 2.35. The molecule has 1 atom stereocenters. The van der Waals surface area contributed by atoms with Gasteiger partial charge in [0, 0.05) is 37.5 Å². The predicted octanol–water partition coefficient (Wildman–Crippen LogP) is 2.86. The molecule has 2 aliphatic heterocycles. The standard InChI is InChI=1S/C15H19F2NO2/c1-11(14-12(16)3-2-4-13(14)17)18-7-5-15(6-8-18)19-9-10-20-15/h2-4,11H,5-10H2,1H3/t11-/m1/s1. The number of ether oxygens (including phenoxy) is 2. The van der Waals surface area contributed by atoms with Gasteiger partial charge >= 0.3 is 0 Å². The van der Waals surface area contributed by atoms with Crippen molar-refractivity contribution in [2.24, 2.45) is 0 Å². The molecule has 2 aliphatic rings. The van der Waals surface area contributed by atoms with E-state index in [1.165, 1.54) is 18.2 Å². The van der Waals surface area contributed by atoms with Crippen molar-refractivity contribution in [2.45, 2.75) is 31.6 Å². The maximum Gasteiger partial charge on any atom is 0.170 e. The second-order valence-electron chi connectivity index (χ2n) is 5.45. The summed E-state index contributed by atoms with van der Waals surface area (Å²) in [7, 11) is 0. The van der Waals surface area contributed by atoms with Crippen LogP contribution in [0.25, 0.3) is 0 Å². The molecule has 0 aliphatic carbocycles. The predicted molar refractivity (Wildman–Crippen MR) is 70.2 cm³/mol. The quantitative estimate of drug-likeness (QED) is 0.833. The first kappa shape index (κ1) is 13.9. The smallest absolute Gasteiger partial charge is 0.170 e. The molecule has 0 bridgehead atoms. The van der Waals surface area contributed by atoms with Crippen LogP contribution in [0.2, 0.25) is 0 Å². The Morgan fingerprint density at radius 3 is 2.20 bits per heavy atom. The molecule has 1 aromatic rings. The van der Waals surface area contributed by atoms with Crippen LogP contribution >= 0.6 is 0 Å². The molecule has 20 heavy (non-hydrogen) atoms. The number of halogens is 2. The van der Waals surface area contributed by atoms with Crippen molar-refractivity contribution in [1.82, 2.24) is 4.90 Å². The minimum atomic E-state index is -0.480. The van der Waals surface area contributed by atoms with Gasteiger partial charge in [-0.25, -0.2) is 8.78 Å². The normalized spacial score (nSPS) is 24.1. The molecule has 0 aromatic heterocycles. The van der Waals surface area contributed by atoms with Gasteiger partial charge in [-0.15, -0.1) is 0 Å². The highest BCUT2D eigenvalue weighted by atomic mass is 19.1. The maximum atomic E-state index is 13.8.